The Labute approximate surface area is 143 Å². The van der Waals surface area contributed by atoms with Gasteiger partial charge in [0, 0.05) is 26.2 Å². The van der Waals surface area contributed by atoms with E-state index >= 15 is 0 Å². The molecule has 2 rings (SSSR count). The zero-order valence-corrected chi connectivity index (χ0v) is 16.6. The zero-order chi connectivity index (χ0) is 16.9. The van der Waals surface area contributed by atoms with Crippen LogP contribution in [-0.4, -0.2) is 32.9 Å². The highest BCUT2D eigenvalue weighted by Crippen LogP contribution is 2.36. The highest BCUT2D eigenvalue weighted by molar-refractivity contribution is 6.74. The van der Waals surface area contributed by atoms with Crippen molar-refractivity contribution >= 4 is 8.32 Å². The van der Waals surface area contributed by atoms with Crippen molar-refractivity contribution in [1.82, 2.24) is 4.90 Å². The van der Waals surface area contributed by atoms with Gasteiger partial charge in [-0.1, -0.05) is 62.8 Å². The topological polar surface area (TPSA) is 12.5 Å². The van der Waals surface area contributed by atoms with E-state index in [1.807, 2.05) is 0 Å². The van der Waals surface area contributed by atoms with E-state index in [0.717, 1.165) is 26.1 Å². The van der Waals surface area contributed by atoms with Gasteiger partial charge in [-0.25, -0.2) is 0 Å². The maximum Gasteiger partial charge on any atom is 0.191 e. The summed E-state index contributed by atoms with van der Waals surface area (Å²) in [6.45, 7) is 15.8. The summed E-state index contributed by atoms with van der Waals surface area (Å²) in [5, 5.41) is 0.299. The molecule has 1 aromatic rings. The second-order valence-electron chi connectivity index (χ2n) is 8.21. The molecular weight excluding hydrogens is 298 g/mol. The predicted octanol–water partition coefficient (Wildman–Crippen LogP) is 5.23. The van der Waals surface area contributed by atoms with E-state index in [1.54, 1.807) is 5.57 Å². The summed E-state index contributed by atoms with van der Waals surface area (Å²) in [6.07, 6.45) is 4.68. The van der Waals surface area contributed by atoms with Gasteiger partial charge in [-0.3, -0.25) is 4.90 Å². The molecule has 0 unspecified atom stereocenters. The molecule has 1 aliphatic rings. The maximum atomic E-state index is 6.33. The van der Waals surface area contributed by atoms with Crippen molar-refractivity contribution in [2.24, 2.45) is 0 Å². The van der Waals surface area contributed by atoms with Crippen molar-refractivity contribution in [3.8, 4) is 0 Å². The molecule has 0 aromatic heterocycles. The molecule has 23 heavy (non-hydrogen) atoms. The third-order valence-electron chi connectivity index (χ3n) is 5.25. The number of nitrogens with zero attached hydrogens (tertiary/aromatic N) is 1. The third kappa shape index (κ3) is 5.59. The minimum atomic E-state index is -1.61. The Kier molecular flexibility index (Phi) is 6.23. The summed E-state index contributed by atoms with van der Waals surface area (Å²) in [6, 6.07) is 10.8. The maximum absolute atomic E-state index is 6.33. The van der Waals surface area contributed by atoms with Crippen LogP contribution in [0.1, 0.15) is 39.2 Å². The molecule has 0 saturated heterocycles. The van der Waals surface area contributed by atoms with Crippen molar-refractivity contribution in [3.05, 3.63) is 47.5 Å². The molecule has 3 heteroatoms. The lowest BCUT2D eigenvalue weighted by molar-refractivity contribution is 0.259. The molecule has 0 saturated carbocycles. The molecule has 1 heterocycles. The fourth-order valence-electron chi connectivity index (χ4n) is 2.69. The summed E-state index contributed by atoms with van der Waals surface area (Å²) in [7, 11) is -1.61. The van der Waals surface area contributed by atoms with Crippen LogP contribution in [-0.2, 0) is 11.0 Å². The van der Waals surface area contributed by atoms with E-state index in [2.05, 4.69) is 75.2 Å². The molecular formula is C20H33NOSi. The Bertz CT molecular complexity index is 516. The average Bonchev–Trinajstić information content (AvgIpc) is 2.47. The zero-order valence-electron chi connectivity index (χ0n) is 15.6. The molecule has 1 aliphatic heterocycles. The van der Waals surface area contributed by atoms with Gasteiger partial charge in [0.25, 0.3) is 0 Å². The monoisotopic (exact) mass is 331 g/mol. The highest BCUT2D eigenvalue weighted by atomic mass is 28.4. The summed E-state index contributed by atoms with van der Waals surface area (Å²) in [5.41, 5.74) is 2.96. The number of hydrogen-bond donors (Lipinski definition) is 0. The molecule has 0 atom stereocenters. The van der Waals surface area contributed by atoms with Crippen LogP contribution in [0, 0.1) is 0 Å². The summed E-state index contributed by atoms with van der Waals surface area (Å²) >= 11 is 0. The standard InChI is InChI=1S/C20H33NOSi/c1-20(2,3)23(4,5)22-15-13-19-12-9-14-21(17-19)16-18-10-7-6-8-11-18/h6-8,10-12H,9,13-17H2,1-5H3. The Hall–Kier alpha value is -0.903. The van der Waals surface area contributed by atoms with Crippen molar-refractivity contribution in [2.75, 3.05) is 19.7 Å². The molecule has 0 fully saturated rings. The van der Waals surface area contributed by atoms with Gasteiger partial charge in [0.2, 0.25) is 0 Å². The fraction of sp³-hybridized carbons (Fsp3) is 0.600. The highest BCUT2D eigenvalue weighted by Gasteiger charge is 2.36. The SMILES string of the molecule is CC(C)(C)[Si](C)(C)OCCC1=CCCN(Cc2ccccc2)C1. The molecule has 0 aliphatic carbocycles. The molecule has 128 valence electrons. The Balaban J connectivity index is 1.79. The minimum Gasteiger partial charge on any atom is -0.417 e. The number of hydrogen-bond acceptors (Lipinski definition) is 2. The van der Waals surface area contributed by atoms with Gasteiger partial charge in [-0.2, -0.15) is 0 Å². The Morgan fingerprint density at radius 3 is 2.48 bits per heavy atom. The van der Waals surface area contributed by atoms with Crippen molar-refractivity contribution in [1.29, 1.82) is 0 Å². The summed E-state index contributed by atoms with van der Waals surface area (Å²) < 4.78 is 6.33. The summed E-state index contributed by atoms with van der Waals surface area (Å²) in [5.74, 6) is 0. The van der Waals surface area contributed by atoms with Gasteiger partial charge >= 0.3 is 0 Å². The molecule has 0 N–H and O–H groups in total. The van der Waals surface area contributed by atoms with Gasteiger partial charge in [0.1, 0.15) is 0 Å². The van der Waals surface area contributed by atoms with Crippen molar-refractivity contribution in [2.45, 2.75) is 58.3 Å². The van der Waals surface area contributed by atoms with Gasteiger partial charge in [0.05, 0.1) is 0 Å². The van der Waals surface area contributed by atoms with Crippen LogP contribution < -0.4 is 0 Å². The largest absolute Gasteiger partial charge is 0.417 e. The smallest absolute Gasteiger partial charge is 0.191 e. The molecule has 0 radical (unpaired) electrons. The van der Waals surface area contributed by atoms with Crippen LogP contribution in [0.25, 0.3) is 0 Å². The van der Waals surface area contributed by atoms with E-state index in [0.29, 0.717) is 5.04 Å². The molecule has 2 nitrogen and oxygen atoms in total. The Morgan fingerprint density at radius 1 is 1.13 bits per heavy atom. The molecule has 1 aromatic carbocycles. The van der Waals surface area contributed by atoms with Gasteiger partial charge in [-0.15, -0.1) is 0 Å². The first kappa shape index (κ1) is 18.4. The Morgan fingerprint density at radius 2 is 1.83 bits per heavy atom. The van der Waals surface area contributed by atoms with Crippen LogP contribution in [0.3, 0.4) is 0 Å². The second-order valence-corrected chi connectivity index (χ2v) is 13.0. The van der Waals surface area contributed by atoms with E-state index in [1.165, 1.54) is 18.5 Å². The van der Waals surface area contributed by atoms with Crippen LogP contribution in [0.15, 0.2) is 42.0 Å². The first-order chi connectivity index (χ1) is 10.8. The second kappa shape index (κ2) is 7.78. The third-order valence-corrected chi connectivity index (χ3v) is 9.78. The van der Waals surface area contributed by atoms with Crippen LogP contribution >= 0.6 is 0 Å². The van der Waals surface area contributed by atoms with Crippen LogP contribution in [0.5, 0.6) is 0 Å². The molecule has 0 spiro atoms. The van der Waals surface area contributed by atoms with Crippen LogP contribution in [0.4, 0.5) is 0 Å². The predicted molar refractivity (Wildman–Crippen MR) is 102 cm³/mol. The lowest BCUT2D eigenvalue weighted by Gasteiger charge is -2.36. The fourth-order valence-corrected chi connectivity index (χ4v) is 3.74. The molecule has 0 bridgehead atoms. The number of benzene rings is 1. The summed E-state index contributed by atoms with van der Waals surface area (Å²) in [4.78, 5) is 2.55. The van der Waals surface area contributed by atoms with Crippen molar-refractivity contribution in [3.63, 3.8) is 0 Å². The normalized spacial score (nSPS) is 17.2. The number of rotatable bonds is 6. The van der Waals surface area contributed by atoms with Gasteiger partial charge in [0.15, 0.2) is 8.32 Å². The lowest BCUT2D eigenvalue weighted by Crippen LogP contribution is -2.41. The first-order valence-electron chi connectivity index (χ1n) is 8.86. The van der Waals surface area contributed by atoms with E-state index in [-0.39, 0.29) is 0 Å². The van der Waals surface area contributed by atoms with Gasteiger partial charge < -0.3 is 4.43 Å². The van der Waals surface area contributed by atoms with Gasteiger partial charge in [-0.05, 0) is 36.5 Å². The quantitative estimate of drug-likeness (QED) is 0.523. The lowest BCUT2D eigenvalue weighted by atomic mass is 10.1. The first-order valence-corrected chi connectivity index (χ1v) is 11.8. The molecule has 0 amide bonds. The van der Waals surface area contributed by atoms with E-state index in [4.69, 9.17) is 4.43 Å². The van der Waals surface area contributed by atoms with E-state index < -0.39 is 8.32 Å². The van der Waals surface area contributed by atoms with Crippen LogP contribution in [0.2, 0.25) is 18.1 Å². The van der Waals surface area contributed by atoms with Crippen molar-refractivity contribution < 1.29 is 4.43 Å². The minimum absolute atomic E-state index is 0.299. The van der Waals surface area contributed by atoms with E-state index in [9.17, 15) is 0 Å². The average molecular weight is 332 g/mol.